The van der Waals surface area contributed by atoms with Gasteiger partial charge in [-0.25, -0.2) is 0 Å². The van der Waals surface area contributed by atoms with Crippen molar-refractivity contribution in [2.75, 3.05) is 26.2 Å². The van der Waals surface area contributed by atoms with Gasteiger partial charge in [0.1, 0.15) is 0 Å². The number of fused-ring (bicyclic) bond motifs is 1. The van der Waals surface area contributed by atoms with Crippen LogP contribution in [0.25, 0.3) is 0 Å². The molecule has 3 aliphatic rings. The standard InChI is InChI=1S/C18H27N3O3.CH2O2/c1-2-14-9-17(24-19-14)18(23)21-10-12-7-15(20-5-3-4-6-20)16(22)8-13(12)11-21;2-1-3/h9,12-13,15-16,22H,2-8,10-11H2,1H3;1H,(H,2,3)/t12-,13+,15-,16-;/m1./s1. The van der Waals surface area contributed by atoms with E-state index in [2.05, 4.69) is 10.1 Å². The summed E-state index contributed by atoms with van der Waals surface area (Å²) < 4.78 is 5.21. The molecular weight excluding hydrogens is 350 g/mol. The zero-order chi connectivity index (χ0) is 19.4. The maximum Gasteiger partial charge on any atom is 0.292 e. The first kappa shape index (κ1) is 19.8. The molecule has 2 N–H and O–H groups in total. The summed E-state index contributed by atoms with van der Waals surface area (Å²) in [6.07, 6.45) is 4.82. The third-order valence-corrected chi connectivity index (χ3v) is 6.14. The third-order valence-electron chi connectivity index (χ3n) is 6.14. The fraction of sp³-hybridized carbons (Fsp3) is 0.737. The smallest absolute Gasteiger partial charge is 0.292 e. The van der Waals surface area contributed by atoms with Gasteiger partial charge in [0.25, 0.3) is 12.4 Å². The second-order valence-corrected chi connectivity index (χ2v) is 7.72. The summed E-state index contributed by atoms with van der Waals surface area (Å²) in [5, 5.41) is 21.4. The largest absolute Gasteiger partial charge is 0.483 e. The monoisotopic (exact) mass is 379 g/mol. The summed E-state index contributed by atoms with van der Waals surface area (Å²) in [7, 11) is 0. The molecule has 1 aliphatic carbocycles. The Labute approximate surface area is 159 Å². The normalized spacial score (nSPS) is 30.5. The molecule has 2 aliphatic heterocycles. The summed E-state index contributed by atoms with van der Waals surface area (Å²) in [5.74, 6) is 1.21. The molecule has 4 atom stereocenters. The molecule has 2 saturated heterocycles. The minimum absolute atomic E-state index is 0.0520. The van der Waals surface area contributed by atoms with E-state index in [1.165, 1.54) is 12.8 Å². The van der Waals surface area contributed by atoms with Crippen molar-refractivity contribution in [3.05, 3.63) is 17.5 Å². The van der Waals surface area contributed by atoms with Crippen molar-refractivity contribution in [3.63, 3.8) is 0 Å². The van der Waals surface area contributed by atoms with Crippen LogP contribution >= 0.6 is 0 Å². The lowest BCUT2D eigenvalue weighted by molar-refractivity contribution is -0.122. The molecule has 0 aromatic carbocycles. The molecule has 1 aromatic heterocycles. The van der Waals surface area contributed by atoms with E-state index >= 15 is 0 Å². The highest BCUT2D eigenvalue weighted by atomic mass is 16.5. The Morgan fingerprint density at radius 2 is 1.93 bits per heavy atom. The number of aliphatic hydroxyl groups is 1. The Hall–Kier alpha value is -1.93. The fourth-order valence-electron chi connectivity index (χ4n) is 4.77. The van der Waals surface area contributed by atoms with Gasteiger partial charge in [-0.1, -0.05) is 12.1 Å². The predicted molar refractivity (Wildman–Crippen MR) is 97.3 cm³/mol. The van der Waals surface area contributed by atoms with Crippen LogP contribution in [0.5, 0.6) is 0 Å². The predicted octanol–water partition coefficient (Wildman–Crippen LogP) is 1.25. The molecule has 3 heterocycles. The summed E-state index contributed by atoms with van der Waals surface area (Å²) in [4.78, 5) is 25.4. The van der Waals surface area contributed by atoms with Crippen molar-refractivity contribution in [3.8, 4) is 0 Å². The van der Waals surface area contributed by atoms with Crippen molar-refractivity contribution in [2.45, 2.75) is 51.2 Å². The van der Waals surface area contributed by atoms with Crippen LogP contribution in [0.3, 0.4) is 0 Å². The van der Waals surface area contributed by atoms with Crippen LogP contribution in [0, 0.1) is 11.8 Å². The topological polar surface area (TPSA) is 107 Å². The SMILES string of the molecule is CCc1cc(C(=O)N2C[C@H]3C[C@@H](N4CCCC4)[C@H](O)C[C@H]3C2)on1.O=CO. The Bertz CT molecular complexity index is 643. The van der Waals surface area contributed by atoms with Gasteiger partial charge in [-0.3, -0.25) is 14.5 Å². The van der Waals surface area contributed by atoms with E-state index in [1.54, 1.807) is 6.07 Å². The van der Waals surface area contributed by atoms with Crippen molar-refractivity contribution in [2.24, 2.45) is 11.8 Å². The molecule has 8 heteroatoms. The van der Waals surface area contributed by atoms with Gasteiger partial charge in [0.15, 0.2) is 0 Å². The molecule has 0 unspecified atom stereocenters. The quantitative estimate of drug-likeness (QED) is 0.761. The van der Waals surface area contributed by atoms with Gasteiger partial charge in [0.2, 0.25) is 5.76 Å². The summed E-state index contributed by atoms with van der Waals surface area (Å²) >= 11 is 0. The van der Waals surface area contributed by atoms with Crippen LogP contribution in [-0.4, -0.2) is 75.9 Å². The lowest BCUT2D eigenvalue weighted by Crippen LogP contribution is -2.48. The molecule has 150 valence electrons. The van der Waals surface area contributed by atoms with E-state index in [0.717, 1.165) is 51.1 Å². The number of carbonyl (C=O) groups excluding carboxylic acids is 1. The number of carboxylic acid groups (broad SMARTS) is 1. The molecule has 1 amide bonds. The van der Waals surface area contributed by atoms with Crippen molar-refractivity contribution in [1.29, 1.82) is 0 Å². The van der Waals surface area contributed by atoms with Crippen molar-refractivity contribution >= 4 is 12.4 Å². The second-order valence-electron chi connectivity index (χ2n) is 7.72. The molecule has 0 bridgehead atoms. The number of hydrogen-bond acceptors (Lipinski definition) is 6. The Kier molecular flexibility index (Phi) is 6.49. The van der Waals surface area contributed by atoms with Crippen molar-refractivity contribution in [1.82, 2.24) is 15.0 Å². The van der Waals surface area contributed by atoms with Gasteiger partial charge in [-0.15, -0.1) is 0 Å². The van der Waals surface area contributed by atoms with Gasteiger partial charge in [-0.2, -0.15) is 0 Å². The average Bonchev–Trinajstić information content (AvgIpc) is 3.40. The minimum Gasteiger partial charge on any atom is -0.483 e. The Balaban J connectivity index is 0.000000659. The van der Waals surface area contributed by atoms with Crippen LogP contribution < -0.4 is 0 Å². The van der Waals surface area contributed by atoms with Crippen LogP contribution in [0.2, 0.25) is 0 Å². The van der Waals surface area contributed by atoms with Gasteiger partial charge in [0.05, 0.1) is 11.8 Å². The van der Waals surface area contributed by atoms with Gasteiger partial charge in [0, 0.05) is 25.2 Å². The van der Waals surface area contributed by atoms with Crippen LogP contribution in [0.4, 0.5) is 0 Å². The summed E-state index contributed by atoms with van der Waals surface area (Å²) in [6.45, 7) is 5.48. The molecule has 0 spiro atoms. The number of rotatable bonds is 3. The van der Waals surface area contributed by atoms with Gasteiger partial charge >= 0.3 is 0 Å². The van der Waals surface area contributed by atoms with Crippen molar-refractivity contribution < 1.29 is 24.3 Å². The first-order chi connectivity index (χ1) is 13.1. The molecule has 0 radical (unpaired) electrons. The number of likely N-dealkylation sites (tertiary alicyclic amines) is 2. The first-order valence-electron chi connectivity index (χ1n) is 9.82. The van der Waals surface area contributed by atoms with Gasteiger partial charge in [-0.05, 0) is 57.0 Å². The molecule has 1 saturated carbocycles. The number of aliphatic hydroxyl groups excluding tert-OH is 1. The Morgan fingerprint density at radius 3 is 2.52 bits per heavy atom. The zero-order valence-corrected chi connectivity index (χ0v) is 15.8. The molecule has 8 nitrogen and oxygen atoms in total. The zero-order valence-electron chi connectivity index (χ0n) is 15.8. The number of hydrogen-bond donors (Lipinski definition) is 2. The molecule has 4 rings (SSSR count). The maximum atomic E-state index is 12.7. The second kappa shape index (κ2) is 8.84. The van der Waals surface area contributed by atoms with E-state index in [-0.39, 0.29) is 24.5 Å². The molecule has 1 aromatic rings. The van der Waals surface area contributed by atoms with E-state index < -0.39 is 0 Å². The molecule has 3 fully saturated rings. The number of aryl methyl sites for hydroxylation is 1. The van der Waals surface area contributed by atoms with E-state index in [1.807, 2.05) is 11.8 Å². The van der Waals surface area contributed by atoms with E-state index in [4.69, 9.17) is 14.4 Å². The number of nitrogens with zero attached hydrogens (tertiary/aromatic N) is 3. The van der Waals surface area contributed by atoms with E-state index in [9.17, 15) is 9.90 Å². The number of aromatic nitrogens is 1. The maximum absolute atomic E-state index is 12.7. The highest BCUT2D eigenvalue weighted by Gasteiger charge is 2.45. The van der Waals surface area contributed by atoms with Crippen LogP contribution in [0.15, 0.2) is 10.6 Å². The average molecular weight is 379 g/mol. The molecular formula is C19H29N3O5. The summed E-state index contributed by atoms with van der Waals surface area (Å²) in [6, 6.07) is 2.03. The summed E-state index contributed by atoms with van der Waals surface area (Å²) in [5.41, 5.74) is 0.819. The number of amides is 1. The fourth-order valence-corrected chi connectivity index (χ4v) is 4.77. The Morgan fingerprint density at radius 1 is 1.30 bits per heavy atom. The third kappa shape index (κ3) is 4.32. The van der Waals surface area contributed by atoms with Crippen LogP contribution in [0.1, 0.15) is 48.9 Å². The lowest BCUT2D eigenvalue weighted by Gasteiger charge is -2.40. The first-order valence-corrected chi connectivity index (χ1v) is 9.82. The highest BCUT2D eigenvalue weighted by Crippen LogP contribution is 2.39. The highest BCUT2D eigenvalue weighted by molar-refractivity contribution is 5.91. The molecule has 27 heavy (non-hydrogen) atoms. The van der Waals surface area contributed by atoms with Crippen LogP contribution in [-0.2, 0) is 11.2 Å². The van der Waals surface area contributed by atoms with Gasteiger partial charge < -0.3 is 19.6 Å². The lowest BCUT2D eigenvalue weighted by atomic mass is 9.77. The minimum atomic E-state index is -0.253. The number of carbonyl (C=O) groups is 2. The van der Waals surface area contributed by atoms with E-state index in [0.29, 0.717) is 17.6 Å².